The summed E-state index contributed by atoms with van der Waals surface area (Å²) >= 11 is 1.43. The molecular weight excluding hydrogens is 418 g/mol. The Bertz CT molecular complexity index is 1200. The van der Waals surface area contributed by atoms with Crippen LogP contribution < -0.4 is 5.32 Å². The molecule has 1 amide bonds. The molecule has 8 heteroatoms. The van der Waals surface area contributed by atoms with Crippen LogP contribution in [0.3, 0.4) is 0 Å². The monoisotopic (exact) mass is 443 g/mol. The lowest BCUT2D eigenvalue weighted by molar-refractivity contribution is 0.102. The van der Waals surface area contributed by atoms with Crippen molar-refractivity contribution in [2.24, 2.45) is 0 Å². The van der Waals surface area contributed by atoms with Gasteiger partial charge in [0.15, 0.2) is 5.13 Å². The number of sulfonamides is 1. The number of aryl methyl sites for hydroxylation is 2. The SMILES string of the molecule is Cc1cc(C)c2nc(NC(=O)c3ccc(S(=O)(=O)N4CCCCC4C)cc3)sc2c1. The molecule has 0 saturated carbocycles. The molecule has 2 heterocycles. The number of piperidine rings is 1. The molecule has 1 fully saturated rings. The van der Waals surface area contributed by atoms with Crippen LogP contribution in [0, 0.1) is 13.8 Å². The highest BCUT2D eigenvalue weighted by atomic mass is 32.2. The van der Waals surface area contributed by atoms with E-state index in [4.69, 9.17) is 0 Å². The minimum absolute atomic E-state index is 0.00199. The van der Waals surface area contributed by atoms with Crippen LogP contribution >= 0.6 is 11.3 Å². The van der Waals surface area contributed by atoms with Crippen molar-refractivity contribution in [3.63, 3.8) is 0 Å². The van der Waals surface area contributed by atoms with E-state index in [0.717, 1.165) is 40.6 Å². The first-order chi connectivity index (χ1) is 14.3. The van der Waals surface area contributed by atoms with E-state index in [2.05, 4.69) is 22.4 Å². The van der Waals surface area contributed by atoms with Crippen LogP contribution in [0.15, 0.2) is 41.3 Å². The van der Waals surface area contributed by atoms with Crippen molar-refractivity contribution in [3.05, 3.63) is 53.1 Å². The predicted octanol–water partition coefficient (Wildman–Crippen LogP) is 4.73. The van der Waals surface area contributed by atoms with E-state index < -0.39 is 10.0 Å². The summed E-state index contributed by atoms with van der Waals surface area (Å²) in [7, 11) is -3.55. The number of nitrogens with zero attached hydrogens (tertiary/aromatic N) is 2. The fraction of sp³-hybridized carbons (Fsp3) is 0.364. The average molecular weight is 444 g/mol. The van der Waals surface area contributed by atoms with Crippen molar-refractivity contribution in [1.29, 1.82) is 0 Å². The van der Waals surface area contributed by atoms with Crippen molar-refractivity contribution in [3.8, 4) is 0 Å². The van der Waals surface area contributed by atoms with Gasteiger partial charge in [0.2, 0.25) is 10.0 Å². The third-order valence-corrected chi connectivity index (χ3v) is 8.46. The van der Waals surface area contributed by atoms with Crippen molar-refractivity contribution in [1.82, 2.24) is 9.29 Å². The van der Waals surface area contributed by atoms with Gasteiger partial charge in [-0.05, 0) is 75.1 Å². The third kappa shape index (κ3) is 3.99. The lowest BCUT2D eigenvalue weighted by Crippen LogP contribution is -2.41. The maximum Gasteiger partial charge on any atom is 0.257 e. The van der Waals surface area contributed by atoms with Crippen LogP contribution in [0.25, 0.3) is 10.2 Å². The molecule has 1 atom stereocenters. The fourth-order valence-corrected chi connectivity index (χ4v) is 6.67. The highest BCUT2D eigenvalue weighted by Gasteiger charge is 2.30. The Morgan fingerprint density at radius 1 is 1.17 bits per heavy atom. The minimum atomic E-state index is -3.55. The first-order valence-electron chi connectivity index (χ1n) is 10.1. The number of thiazole rings is 1. The highest BCUT2D eigenvalue weighted by molar-refractivity contribution is 7.89. The molecule has 0 radical (unpaired) electrons. The molecule has 2 aromatic carbocycles. The summed E-state index contributed by atoms with van der Waals surface area (Å²) in [5.41, 5.74) is 3.51. The van der Waals surface area contributed by atoms with Gasteiger partial charge in [-0.2, -0.15) is 4.31 Å². The first kappa shape index (κ1) is 21.0. The topological polar surface area (TPSA) is 79.4 Å². The van der Waals surface area contributed by atoms with Gasteiger partial charge < -0.3 is 0 Å². The zero-order valence-corrected chi connectivity index (χ0v) is 18.9. The summed E-state index contributed by atoms with van der Waals surface area (Å²) in [5, 5.41) is 3.36. The van der Waals surface area contributed by atoms with Crippen LogP contribution in [0.5, 0.6) is 0 Å². The molecule has 1 N–H and O–H groups in total. The number of fused-ring (bicyclic) bond motifs is 1. The van der Waals surface area contributed by atoms with Gasteiger partial charge >= 0.3 is 0 Å². The van der Waals surface area contributed by atoms with Crippen LogP contribution in [0.1, 0.15) is 47.7 Å². The number of amides is 1. The zero-order chi connectivity index (χ0) is 21.5. The van der Waals surface area contributed by atoms with Crippen LogP contribution in [-0.4, -0.2) is 36.2 Å². The number of aromatic nitrogens is 1. The molecule has 158 valence electrons. The molecule has 1 saturated heterocycles. The Morgan fingerprint density at radius 3 is 2.60 bits per heavy atom. The van der Waals surface area contributed by atoms with Crippen molar-refractivity contribution < 1.29 is 13.2 Å². The molecule has 3 aromatic rings. The number of hydrogen-bond acceptors (Lipinski definition) is 5. The van der Waals surface area contributed by atoms with E-state index in [0.29, 0.717) is 17.2 Å². The first-order valence-corrected chi connectivity index (χ1v) is 12.3. The smallest absolute Gasteiger partial charge is 0.257 e. The predicted molar refractivity (Wildman–Crippen MR) is 121 cm³/mol. The Hall–Kier alpha value is -2.29. The molecule has 0 spiro atoms. The fourth-order valence-electron chi connectivity index (χ4n) is 3.94. The van der Waals surface area contributed by atoms with Gasteiger partial charge in [-0.25, -0.2) is 13.4 Å². The number of carbonyl (C=O) groups is 1. The van der Waals surface area contributed by atoms with Gasteiger partial charge in [0.1, 0.15) is 0 Å². The molecule has 1 aliphatic rings. The molecule has 1 aliphatic heterocycles. The van der Waals surface area contributed by atoms with Gasteiger partial charge in [-0.1, -0.05) is 23.8 Å². The van der Waals surface area contributed by atoms with Crippen molar-refractivity contribution in [2.45, 2.75) is 51.0 Å². The molecule has 6 nitrogen and oxygen atoms in total. The third-order valence-electron chi connectivity index (χ3n) is 5.52. The van der Waals surface area contributed by atoms with E-state index in [1.807, 2.05) is 20.8 Å². The largest absolute Gasteiger partial charge is 0.298 e. The molecule has 1 unspecified atom stereocenters. The summed E-state index contributed by atoms with van der Waals surface area (Å²) in [6.45, 7) is 6.52. The van der Waals surface area contributed by atoms with Crippen LogP contribution in [0.2, 0.25) is 0 Å². The van der Waals surface area contributed by atoms with Crippen LogP contribution in [-0.2, 0) is 10.0 Å². The summed E-state index contributed by atoms with van der Waals surface area (Å²) < 4.78 is 28.5. The van der Waals surface area contributed by atoms with E-state index >= 15 is 0 Å². The summed E-state index contributed by atoms with van der Waals surface area (Å²) in [6.07, 6.45) is 2.81. The molecule has 1 aromatic heterocycles. The molecule has 4 rings (SSSR count). The number of benzene rings is 2. The van der Waals surface area contributed by atoms with Gasteiger partial charge in [0.05, 0.1) is 15.1 Å². The van der Waals surface area contributed by atoms with Gasteiger partial charge in [0, 0.05) is 18.2 Å². The second-order valence-corrected chi connectivity index (χ2v) is 10.8. The van der Waals surface area contributed by atoms with Crippen molar-refractivity contribution in [2.75, 3.05) is 11.9 Å². The van der Waals surface area contributed by atoms with Crippen molar-refractivity contribution >= 4 is 42.6 Å². The highest BCUT2D eigenvalue weighted by Crippen LogP contribution is 2.30. The maximum absolute atomic E-state index is 12.9. The lowest BCUT2D eigenvalue weighted by Gasteiger charge is -2.32. The number of rotatable bonds is 4. The van der Waals surface area contributed by atoms with E-state index in [-0.39, 0.29) is 16.8 Å². The second-order valence-electron chi connectivity index (χ2n) is 7.89. The summed E-state index contributed by atoms with van der Waals surface area (Å²) in [6, 6.07) is 10.2. The number of anilines is 1. The van der Waals surface area contributed by atoms with E-state index in [1.165, 1.54) is 23.5 Å². The van der Waals surface area contributed by atoms with Gasteiger partial charge in [0.25, 0.3) is 5.91 Å². The maximum atomic E-state index is 12.9. The normalized spacial score (nSPS) is 17.9. The Labute approximate surface area is 181 Å². The standard InChI is InChI=1S/C22H25N3O3S2/c1-14-12-15(2)20-19(13-14)29-22(23-20)24-21(26)17-7-9-18(10-8-17)30(27,28)25-11-5-4-6-16(25)3/h7-10,12-13,16H,4-6,11H2,1-3H3,(H,23,24,26). The summed E-state index contributed by atoms with van der Waals surface area (Å²) in [5.74, 6) is -0.307. The summed E-state index contributed by atoms with van der Waals surface area (Å²) in [4.78, 5) is 17.4. The van der Waals surface area contributed by atoms with Gasteiger partial charge in [-0.15, -0.1) is 0 Å². The quantitative estimate of drug-likeness (QED) is 0.632. The van der Waals surface area contributed by atoms with E-state index in [1.54, 1.807) is 16.4 Å². The second kappa shape index (κ2) is 8.09. The number of hydrogen-bond donors (Lipinski definition) is 1. The Kier molecular flexibility index (Phi) is 5.65. The lowest BCUT2D eigenvalue weighted by atomic mass is 10.1. The average Bonchev–Trinajstić information content (AvgIpc) is 3.11. The molecular formula is C22H25N3O3S2. The van der Waals surface area contributed by atoms with Gasteiger partial charge in [-0.3, -0.25) is 10.1 Å². The van der Waals surface area contributed by atoms with E-state index in [9.17, 15) is 13.2 Å². The zero-order valence-electron chi connectivity index (χ0n) is 17.3. The Morgan fingerprint density at radius 2 is 1.90 bits per heavy atom. The minimum Gasteiger partial charge on any atom is -0.298 e. The Balaban J connectivity index is 1.52. The molecule has 0 aliphatic carbocycles. The molecule has 0 bridgehead atoms. The number of carbonyl (C=O) groups excluding carboxylic acids is 1. The number of nitrogens with one attached hydrogen (secondary N) is 1. The van der Waals surface area contributed by atoms with Crippen LogP contribution in [0.4, 0.5) is 5.13 Å². The molecule has 30 heavy (non-hydrogen) atoms.